The summed E-state index contributed by atoms with van der Waals surface area (Å²) in [5.41, 5.74) is 2.02. The zero-order valence-corrected chi connectivity index (χ0v) is 20.8. The van der Waals surface area contributed by atoms with Gasteiger partial charge < -0.3 is 15.0 Å². The number of carbonyl (C=O) groups is 2. The van der Waals surface area contributed by atoms with E-state index in [1.54, 1.807) is 18.3 Å². The average molecular weight is 490 g/mol. The Balaban J connectivity index is 1.35. The number of pyridine rings is 1. The van der Waals surface area contributed by atoms with Crippen LogP contribution in [-0.2, 0) is 11.4 Å². The summed E-state index contributed by atoms with van der Waals surface area (Å²) in [6.45, 7) is 0.348. The van der Waals surface area contributed by atoms with Crippen LogP contribution >= 0.6 is 11.8 Å². The molecule has 2 amide bonds. The molecule has 1 aromatic heterocycles. The summed E-state index contributed by atoms with van der Waals surface area (Å²) in [4.78, 5) is 32.8. The molecule has 0 aliphatic heterocycles. The molecule has 0 saturated heterocycles. The lowest BCUT2D eigenvalue weighted by Crippen LogP contribution is -2.39. The molecule has 1 N–H and O–H groups in total. The van der Waals surface area contributed by atoms with Crippen LogP contribution in [0.4, 0.5) is 5.69 Å². The summed E-state index contributed by atoms with van der Waals surface area (Å²) in [5, 5.41) is 2.96. The Hall–Kier alpha value is -3.32. The SMILES string of the molecule is CN(C(=O)CSc1ccccc1C(=O)Nc1cccc(OCc2ccccn2)c1)C1CCCCC1. The second-order valence-corrected chi connectivity index (χ2v) is 9.69. The second-order valence-electron chi connectivity index (χ2n) is 8.67. The van der Waals surface area contributed by atoms with Gasteiger partial charge in [0.2, 0.25) is 5.91 Å². The van der Waals surface area contributed by atoms with Crippen molar-refractivity contribution in [2.75, 3.05) is 18.1 Å². The fourth-order valence-corrected chi connectivity index (χ4v) is 5.17. The lowest BCUT2D eigenvalue weighted by Gasteiger charge is -2.31. The molecule has 35 heavy (non-hydrogen) atoms. The van der Waals surface area contributed by atoms with E-state index in [-0.39, 0.29) is 11.8 Å². The Bertz CT molecular complexity index is 1130. The van der Waals surface area contributed by atoms with E-state index < -0.39 is 0 Å². The molecule has 1 aliphatic carbocycles. The van der Waals surface area contributed by atoms with Gasteiger partial charge in [-0.25, -0.2) is 0 Å². The van der Waals surface area contributed by atoms with Gasteiger partial charge in [-0.1, -0.05) is 43.5 Å². The lowest BCUT2D eigenvalue weighted by molar-refractivity contribution is -0.129. The molecule has 0 spiro atoms. The number of amides is 2. The van der Waals surface area contributed by atoms with Crippen molar-refractivity contribution in [2.45, 2.75) is 49.6 Å². The van der Waals surface area contributed by atoms with Crippen LogP contribution in [0.2, 0.25) is 0 Å². The van der Waals surface area contributed by atoms with Gasteiger partial charge in [0.15, 0.2) is 0 Å². The van der Waals surface area contributed by atoms with Crippen molar-refractivity contribution in [1.29, 1.82) is 0 Å². The highest BCUT2D eigenvalue weighted by molar-refractivity contribution is 8.00. The van der Waals surface area contributed by atoms with Crippen LogP contribution in [0, 0.1) is 0 Å². The lowest BCUT2D eigenvalue weighted by atomic mass is 9.94. The molecular weight excluding hydrogens is 458 g/mol. The van der Waals surface area contributed by atoms with E-state index in [2.05, 4.69) is 10.3 Å². The van der Waals surface area contributed by atoms with Crippen LogP contribution in [0.15, 0.2) is 77.8 Å². The number of nitrogens with zero attached hydrogens (tertiary/aromatic N) is 2. The summed E-state index contributed by atoms with van der Waals surface area (Å²) in [5.74, 6) is 0.846. The first kappa shape index (κ1) is 24.8. The van der Waals surface area contributed by atoms with Gasteiger partial charge in [-0.2, -0.15) is 0 Å². The monoisotopic (exact) mass is 489 g/mol. The van der Waals surface area contributed by atoms with Crippen LogP contribution in [0.3, 0.4) is 0 Å². The average Bonchev–Trinajstić information content (AvgIpc) is 2.91. The number of hydrogen-bond donors (Lipinski definition) is 1. The van der Waals surface area contributed by atoms with Crippen molar-refractivity contribution in [1.82, 2.24) is 9.88 Å². The highest BCUT2D eigenvalue weighted by Gasteiger charge is 2.22. The van der Waals surface area contributed by atoms with Gasteiger partial charge in [-0.15, -0.1) is 11.8 Å². The standard InChI is InChI=1S/C28H31N3O3S/c1-31(23-12-3-2-4-13-23)27(32)20-35-26-16-6-5-15-25(26)28(33)30-21-11-9-14-24(18-21)34-19-22-10-7-8-17-29-22/h5-11,14-18,23H,2-4,12-13,19-20H2,1H3,(H,30,33). The first-order valence-electron chi connectivity index (χ1n) is 12.0. The quantitative estimate of drug-likeness (QED) is 0.385. The molecule has 7 heteroatoms. The largest absolute Gasteiger partial charge is 0.487 e. The van der Waals surface area contributed by atoms with Gasteiger partial charge in [0.25, 0.3) is 5.91 Å². The number of anilines is 1. The molecule has 0 unspecified atom stereocenters. The Morgan fingerprint density at radius 1 is 1.03 bits per heavy atom. The molecule has 0 atom stereocenters. The highest BCUT2D eigenvalue weighted by Crippen LogP contribution is 2.27. The zero-order chi connectivity index (χ0) is 24.5. The Morgan fingerprint density at radius 3 is 2.63 bits per heavy atom. The predicted molar refractivity (Wildman–Crippen MR) is 140 cm³/mol. The van der Waals surface area contributed by atoms with E-state index in [1.807, 2.05) is 66.5 Å². The third-order valence-electron chi connectivity index (χ3n) is 6.20. The van der Waals surface area contributed by atoms with Gasteiger partial charge in [0.1, 0.15) is 12.4 Å². The number of hydrogen-bond acceptors (Lipinski definition) is 5. The van der Waals surface area contributed by atoms with Crippen molar-refractivity contribution in [2.24, 2.45) is 0 Å². The molecule has 182 valence electrons. The third kappa shape index (κ3) is 7.09. The van der Waals surface area contributed by atoms with Crippen molar-refractivity contribution in [3.8, 4) is 5.75 Å². The highest BCUT2D eigenvalue weighted by atomic mass is 32.2. The Morgan fingerprint density at radius 2 is 1.83 bits per heavy atom. The number of rotatable bonds is 9. The minimum Gasteiger partial charge on any atom is -0.487 e. The van der Waals surface area contributed by atoms with Gasteiger partial charge in [0, 0.05) is 35.9 Å². The topological polar surface area (TPSA) is 71.5 Å². The fraction of sp³-hybridized carbons (Fsp3) is 0.321. The van der Waals surface area contributed by atoms with Crippen molar-refractivity contribution < 1.29 is 14.3 Å². The normalized spacial score (nSPS) is 13.7. The van der Waals surface area contributed by atoms with Crippen molar-refractivity contribution >= 4 is 29.3 Å². The number of carbonyl (C=O) groups excluding carboxylic acids is 2. The number of aromatic nitrogens is 1. The first-order chi connectivity index (χ1) is 17.1. The van der Waals surface area contributed by atoms with E-state index >= 15 is 0 Å². The Labute approximate surface area is 211 Å². The molecule has 3 aromatic rings. The van der Waals surface area contributed by atoms with Crippen LogP contribution in [-0.4, -0.2) is 40.5 Å². The number of nitrogens with one attached hydrogen (secondary N) is 1. The molecular formula is C28H31N3O3S. The fourth-order valence-electron chi connectivity index (χ4n) is 4.20. The van der Waals surface area contributed by atoms with Gasteiger partial charge >= 0.3 is 0 Å². The van der Waals surface area contributed by atoms with E-state index in [0.717, 1.165) is 23.4 Å². The van der Waals surface area contributed by atoms with Crippen molar-refractivity contribution in [3.63, 3.8) is 0 Å². The minimum atomic E-state index is -0.219. The van der Waals surface area contributed by atoms with E-state index in [4.69, 9.17) is 4.74 Å². The van der Waals surface area contributed by atoms with Crippen molar-refractivity contribution in [3.05, 3.63) is 84.2 Å². The minimum absolute atomic E-state index is 0.106. The molecule has 1 aliphatic rings. The van der Waals surface area contributed by atoms with Gasteiger partial charge in [0.05, 0.1) is 17.0 Å². The van der Waals surface area contributed by atoms with E-state index in [0.29, 0.717) is 35.4 Å². The third-order valence-corrected chi connectivity index (χ3v) is 7.26. The number of benzene rings is 2. The molecule has 4 rings (SSSR count). The van der Waals surface area contributed by atoms with Crippen LogP contribution in [0.1, 0.15) is 48.2 Å². The number of ether oxygens (including phenoxy) is 1. The predicted octanol–water partition coefficient (Wildman–Crippen LogP) is 5.80. The van der Waals surface area contributed by atoms with Crippen LogP contribution in [0.25, 0.3) is 0 Å². The smallest absolute Gasteiger partial charge is 0.256 e. The molecule has 1 fully saturated rings. The molecule has 0 bridgehead atoms. The first-order valence-corrected chi connectivity index (χ1v) is 13.0. The summed E-state index contributed by atoms with van der Waals surface area (Å²) >= 11 is 1.41. The van der Waals surface area contributed by atoms with Gasteiger partial charge in [-0.3, -0.25) is 14.6 Å². The molecule has 1 saturated carbocycles. The van der Waals surface area contributed by atoms with E-state index in [1.165, 1.54) is 31.0 Å². The molecule has 1 heterocycles. The number of thioether (sulfide) groups is 1. The summed E-state index contributed by atoms with van der Waals surface area (Å²) < 4.78 is 5.82. The van der Waals surface area contributed by atoms with Gasteiger partial charge in [-0.05, 0) is 49.2 Å². The maximum Gasteiger partial charge on any atom is 0.256 e. The second kappa shape index (κ2) is 12.4. The summed E-state index contributed by atoms with van der Waals surface area (Å²) in [6, 6.07) is 20.7. The Kier molecular flexibility index (Phi) is 8.79. The zero-order valence-electron chi connectivity index (χ0n) is 20.0. The van der Waals surface area contributed by atoms with Crippen LogP contribution < -0.4 is 10.1 Å². The summed E-state index contributed by atoms with van der Waals surface area (Å²) in [6.07, 6.45) is 7.52. The molecule has 6 nitrogen and oxygen atoms in total. The maximum absolute atomic E-state index is 13.1. The summed E-state index contributed by atoms with van der Waals surface area (Å²) in [7, 11) is 1.90. The molecule has 2 aromatic carbocycles. The van der Waals surface area contributed by atoms with E-state index in [9.17, 15) is 9.59 Å². The maximum atomic E-state index is 13.1. The van der Waals surface area contributed by atoms with Crippen LogP contribution in [0.5, 0.6) is 5.75 Å². The molecule has 0 radical (unpaired) electrons.